The smallest absolute Gasteiger partial charge is 0.340 e. The number of carbonyl (C=O) groups excluding carboxylic acids is 2. The number of esters is 1. The molecule has 1 unspecified atom stereocenters. The maximum atomic E-state index is 12.6. The van der Waals surface area contributed by atoms with Gasteiger partial charge in [-0.25, -0.2) is 9.00 Å². The second-order valence-corrected chi connectivity index (χ2v) is 7.92. The van der Waals surface area contributed by atoms with E-state index in [1.165, 1.54) is 38.7 Å². The number of H-pyrrole nitrogens is 1. The van der Waals surface area contributed by atoms with Crippen molar-refractivity contribution in [1.82, 2.24) is 9.78 Å². The normalized spacial score (nSPS) is 13.1. The molecule has 1 aromatic carbocycles. The number of benzene rings is 1. The lowest BCUT2D eigenvalue weighted by atomic mass is 10.0. The maximum absolute atomic E-state index is 12.6. The zero-order chi connectivity index (χ0) is 18.9. The summed E-state index contributed by atoms with van der Waals surface area (Å²) >= 11 is 6.26. The quantitative estimate of drug-likeness (QED) is 0.454. The van der Waals surface area contributed by atoms with Gasteiger partial charge in [-0.05, 0) is 18.0 Å². The Morgan fingerprint density at radius 2 is 1.92 bits per heavy atom. The summed E-state index contributed by atoms with van der Waals surface area (Å²) in [5.41, 5.74) is -0.729. The predicted molar refractivity (Wildman–Crippen MR) is 97.1 cm³/mol. The van der Waals surface area contributed by atoms with Gasteiger partial charge < -0.3 is 14.6 Å². The van der Waals surface area contributed by atoms with Crippen molar-refractivity contribution in [2.75, 3.05) is 18.1 Å². The molecule has 2 N–H and O–H groups in total. The van der Waals surface area contributed by atoms with E-state index >= 15 is 0 Å². The van der Waals surface area contributed by atoms with E-state index in [2.05, 4.69) is 20.4 Å². The zero-order valence-electron chi connectivity index (χ0n) is 13.7. The Morgan fingerprint density at radius 3 is 2.40 bits per heavy atom. The number of hydrogen-bond donors (Lipinski definition) is 2. The van der Waals surface area contributed by atoms with E-state index in [-0.39, 0.29) is 27.4 Å². The van der Waals surface area contributed by atoms with Crippen molar-refractivity contribution in [3.63, 3.8) is 0 Å². The number of aromatic nitrogens is 2. The van der Waals surface area contributed by atoms with Crippen LogP contribution in [-0.2, 0) is 21.5 Å². The van der Waals surface area contributed by atoms with Crippen LogP contribution in [0.25, 0.3) is 0 Å². The van der Waals surface area contributed by atoms with Crippen LogP contribution in [0, 0.1) is 0 Å². The van der Waals surface area contributed by atoms with Crippen LogP contribution in [0.5, 0.6) is 0 Å². The van der Waals surface area contributed by atoms with Crippen molar-refractivity contribution in [3.05, 3.63) is 50.4 Å². The highest BCUT2D eigenvalue weighted by atomic mass is 35.5. The third-order valence-electron chi connectivity index (χ3n) is 3.29. The predicted octanol–water partition coefficient (Wildman–Crippen LogP) is 1.06. The zero-order valence-corrected chi connectivity index (χ0v) is 15.3. The molecule has 0 fully saturated rings. The topological polar surface area (TPSA) is 110 Å². The number of nitrogens with one attached hydrogen (secondary N) is 2. The number of ketones is 1. The van der Waals surface area contributed by atoms with Gasteiger partial charge in [-0.2, -0.15) is 0 Å². The Bertz CT molecular complexity index is 1020. The minimum atomic E-state index is -2.80. The van der Waals surface area contributed by atoms with Gasteiger partial charge in [-0.15, -0.1) is 0 Å². The number of methoxy groups -OCH3 is 1. The van der Waals surface area contributed by atoms with E-state index in [1.54, 1.807) is 0 Å². The molecule has 2 rings (SSSR count). The van der Waals surface area contributed by atoms with Gasteiger partial charge in [0.1, 0.15) is 5.56 Å². The van der Waals surface area contributed by atoms with Crippen LogP contribution in [-0.4, -0.2) is 45.0 Å². The fourth-order valence-corrected chi connectivity index (χ4v) is 3.12. The van der Waals surface area contributed by atoms with Crippen LogP contribution >= 0.6 is 11.6 Å². The number of nitrogens with zero attached hydrogens (tertiary/aromatic N) is 1. The summed E-state index contributed by atoms with van der Waals surface area (Å²) in [6.07, 6.45) is 2.56. The number of anilines is 1. The Labute approximate surface area is 148 Å². The van der Waals surface area contributed by atoms with Crippen molar-refractivity contribution in [2.45, 2.75) is 0 Å². The van der Waals surface area contributed by atoms with Crippen LogP contribution in [0.1, 0.15) is 26.3 Å². The lowest BCUT2D eigenvalue weighted by molar-refractivity contribution is 0.0601. The number of rotatable bonds is 5. The number of ether oxygens (including phenoxy) is 1. The second-order valence-electron chi connectivity index (χ2n) is 5.33. The molecule has 10 heteroatoms. The number of aryl methyl sites for hydroxylation is 1. The number of halogens is 1. The molecule has 0 saturated carbocycles. The van der Waals surface area contributed by atoms with Crippen molar-refractivity contribution in [1.29, 1.82) is 0 Å². The third-order valence-corrected chi connectivity index (χ3v) is 4.32. The van der Waals surface area contributed by atoms with Crippen LogP contribution in [0.15, 0.2) is 23.1 Å². The monoisotopic (exact) mass is 385 g/mol. The Balaban J connectivity index is 2.67. The average molecular weight is 386 g/mol. The first kappa shape index (κ1) is 18.8. The molecule has 0 radical (unpaired) electrons. The van der Waals surface area contributed by atoms with Gasteiger partial charge in [0.15, 0.2) is 0 Å². The lowest BCUT2D eigenvalue weighted by Crippen LogP contribution is -2.20. The van der Waals surface area contributed by atoms with E-state index in [0.29, 0.717) is 0 Å². The minimum Gasteiger partial charge on any atom is -0.465 e. The van der Waals surface area contributed by atoms with Gasteiger partial charge in [0.05, 0.1) is 23.4 Å². The molecule has 25 heavy (non-hydrogen) atoms. The van der Waals surface area contributed by atoms with Gasteiger partial charge in [-0.3, -0.25) is 14.3 Å². The Kier molecular flexibility index (Phi) is 5.09. The molecule has 8 nitrogen and oxygen atoms in total. The van der Waals surface area contributed by atoms with Gasteiger partial charge in [-0.1, -0.05) is 11.6 Å². The molecule has 2 aromatic rings. The molecule has 134 valence electrons. The summed E-state index contributed by atoms with van der Waals surface area (Å²) < 4.78 is 20.3. The Hall–Kier alpha value is -2.52. The minimum absolute atomic E-state index is 0.00996. The molecule has 1 aromatic heterocycles. The van der Waals surface area contributed by atoms with E-state index in [9.17, 15) is 18.6 Å². The summed E-state index contributed by atoms with van der Waals surface area (Å²) in [4.78, 5) is 36.5. The Morgan fingerprint density at radius 1 is 1.32 bits per heavy atom. The van der Waals surface area contributed by atoms with Gasteiger partial charge in [0.25, 0.3) is 5.56 Å². The molecule has 0 bridgehead atoms. The van der Waals surface area contributed by atoms with Crippen LogP contribution < -0.4 is 10.3 Å². The number of hydrogen-bond acceptors (Lipinski definition) is 5. The average Bonchev–Trinajstić information content (AvgIpc) is 2.86. The molecule has 0 spiro atoms. The van der Waals surface area contributed by atoms with Crippen LogP contribution in [0.3, 0.4) is 0 Å². The first-order valence-corrected chi connectivity index (χ1v) is 9.38. The lowest BCUT2D eigenvalue weighted by Gasteiger charge is -2.15. The highest BCUT2D eigenvalue weighted by molar-refractivity contribution is 8.00. The molecule has 0 aliphatic rings. The van der Waals surface area contributed by atoms with Gasteiger partial charge in [0, 0.05) is 34.8 Å². The summed E-state index contributed by atoms with van der Waals surface area (Å²) in [7, 11) is -0.163. The largest absolute Gasteiger partial charge is 0.465 e. The van der Waals surface area contributed by atoms with Crippen LogP contribution in [0.2, 0.25) is 5.02 Å². The van der Waals surface area contributed by atoms with E-state index in [1.807, 2.05) is 0 Å². The molecule has 1 atom stereocenters. The van der Waals surface area contributed by atoms with E-state index < -0.39 is 27.0 Å². The summed E-state index contributed by atoms with van der Waals surface area (Å²) in [5.74, 6) is 2.07. The van der Waals surface area contributed by atoms with Gasteiger partial charge >= 0.3 is 5.97 Å². The molecule has 0 amide bonds. The van der Waals surface area contributed by atoms with E-state index in [4.69, 9.17) is 11.6 Å². The van der Waals surface area contributed by atoms with Crippen molar-refractivity contribution in [3.8, 4) is 0 Å². The summed E-state index contributed by atoms with van der Waals surface area (Å²) in [5, 5.41) is 2.44. The summed E-state index contributed by atoms with van der Waals surface area (Å²) in [6, 6.07) is 2.60. The van der Waals surface area contributed by atoms with Crippen molar-refractivity contribution >= 4 is 44.6 Å². The number of carbonyl (C=O) groups is 2. The highest BCUT2D eigenvalue weighted by Gasteiger charge is 2.24. The van der Waals surface area contributed by atoms with E-state index in [0.717, 1.165) is 4.68 Å². The molecular formula is C15H16ClN3O5S. The van der Waals surface area contributed by atoms with Gasteiger partial charge in [0.2, 0.25) is 5.78 Å². The fraction of sp³-hybridized carbons (Fsp3) is 0.200. The molecule has 0 aliphatic carbocycles. The van der Waals surface area contributed by atoms with Crippen LogP contribution in [0.4, 0.5) is 5.69 Å². The molecule has 0 saturated heterocycles. The SMILES string of the molecule is C=S(C)(=O)Nc1c(C(=O)OC)ccc(C(=O)c2c[nH]n(C)c2=O)c1Cl. The maximum Gasteiger partial charge on any atom is 0.340 e. The first-order valence-electron chi connectivity index (χ1n) is 6.86. The molecular weight excluding hydrogens is 370 g/mol. The number of aromatic amines is 1. The first-order chi connectivity index (χ1) is 11.6. The molecule has 0 aliphatic heterocycles. The highest BCUT2D eigenvalue weighted by Crippen LogP contribution is 2.32. The second kappa shape index (κ2) is 6.77. The van der Waals surface area contributed by atoms with Crippen molar-refractivity contribution < 1.29 is 18.5 Å². The van der Waals surface area contributed by atoms with Crippen molar-refractivity contribution in [2.24, 2.45) is 7.05 Å². The fourth-order valence-electron chi connectivity index (χ4n) is 2.12. The summed E-state index contributed by atoms with van der Waals surface area (Å²) in [6.45, 7) is 0. The third kappa shape index (κ3) is 3.77. The standard InChI is InChI=1S/C15H16ClN3O5S/c1-19-14(21)10(7-17-19)13(20)8-5-6-9(15(22)24-2)12(11(8)16)18-25(3,4)23/h5-7,17H,3H2,1-2,4H3,(H,18,23). The molecule has 1 heterocycles.